The van der Waals surface area contributed by atoms with Gasteiger partial charge in [0.2, 0.25) is 0 Å². The Morgan fingerprint density at radius 3 is 2.65 bits per heavy atom. The van der Waals surface area contributed by atoms with Crippen LogP contribution in [0, 0.1) is 0 Å². The maximum Gasteiger partial charge on any atom is 0.190 e. The van der Waals surface area contributed by atoms with Gasteiger partial charge in [0.1, 0.15) is 18.3 Å². The van der Waals surface area contributed by atoms with Crippen LogP contribution in [-0.2, 0) is 9.53 Å². The molecule has 0 aromatic carbocycles. The highest BCUT2D eigenvalue weighted by Gasteiger charge is 2.47. The first-order valence-corrected chi connectivity index (χ1v) is 6.39. The van der Waals surface area contributed by atoms with Gasteiger partial charge in [-0.3, -0.25) is 4.79 Å². The van der Waals surface area contributed by atoms with Gasteiger partial charge >= 0.3 is 0 Å². The zero-order chi connectivity index (χ0) is 14.9. The number of aliphatic hydroxyl groups excluding tert-OH is 2. The van der Waals surface area contributed by atoms with Gasteiger partial charge in [-0.05, 0) is 31.6 Å². The Morgan fingerprint density at radius 1 is 1.30 bits per heavy atom. The van der Waals surface area contributed by atoms with Gasteiger partial charge in [-0.15, -0.1) is 0 Å². The number of carbonyl (C=O) groups excluding carboxylic acids is 1. The molecule has 0 spiro atoms. The van der Waals surface area contributed by atoms with Crippen molar-refractivity contribution in [1.82, 2.24) is 0 Å². The molecular weight excluding hydrogens is 260 g/mol. The summed E-state index contributed by atoms with van der Waals surface area (Å²) in [6.45, 7) is 3.10. The molecule has 20 heavy (non-hydrogen) atoms. The van der Waals surface area contributed by atoms with Crippen molar-refractivity contribution in [2.24, 2.45) is 0 Å². The molecule has 2 aliphatic rings. The number of ketones is 1. The number of rotatable bonds is 2. The smallest absolute Gasteiger partial charge is 0.190 e. The lowest BCUT2D eigenvalue weighted by Gasteiger charge is -2.38. The number of carbonyl (C=O) groups is 1. The minimum atomic E-state index is -1.90. The summed E-state index contributed by atoms with van der Waals surface area (Å²) in [5.74, 6) is -0.630. The quantitative estimate of drug-likeness (QED) is 0.636. The van der Waals surface area contributed by atoms with Crippen LogP contribution in [0.3, 0.4) is 0 Å². The van der Waals surface area contributed by atoms with Crippen LogP contribution in [0.15, 0.2) is 47.8 Å². The summed E-state index contributed by atoms with van der Waals surface area (Å²) in [6, 6.07) is 0. The van der Waals surface area contributed by atoms with Crippen LogP contribution in [0.5, 0.6) is 0 Å². The molecule has 0 bridgehead atoms. The Hall–Kier alpha value is -1.69. The normalized spacial score (nSPS) is 37.6. The Bertz CT molecular complexity index is 524. The summed E-state index contributed by atoms with van der Waals surface area (Å²) < 4.78 is 5.35. The minimum Gasteiger partial charge on any atom is -0.490 e. The average Bonchev–Trinajstić information content (AvgIpc) is 2.40. The second kappa shape index (κ2) is 5.36. The maximum absolute atomic E-state index is 11.8. The second-order valence-electron chi connectivity index (χ2n) is 5.04. The third-order valence-electron chi connectivity index (χ3n) is 3.53. The monoisotopic (exact) mass is 278 g/mol. The van der Waals surface area contributed by atoms with Crippen LogP contribution in [0.2, 0.25) is 0 Å². The lowest BCUT2D eigenvalue weighted by molar-refractivity contribution is -0.141. The molecular formula is C15H18O5. The Labute approximate surface area is 117 Å². The highest BCUT2D eigenvalue weighted by Crippen LogP contribution is 2.36. The van der Waals surface area contributed by atoms with Crippen molar-refractivity contribution >= 4 is 5.78 Å². The summed E-state index contributed by atoms with van der Waals surface area (Å²) in [5, 5.41) is 30.2. The van der Waals surface area contributed by atoms with Crippen molar-refractivity contribution < 1.29 is 24.9 Å². The summed E-state index contributed by atoms with van der Waals surface area (Å²) in [7, 11) is 0. The highest BCUT2D eigenvalue weighted by atomic mass is 16.5. The molecule has 4 atom stereocenters. The van der Waals surface area contributed by atoms with E-state index in [9.17, 15) is 20.1 Å². The number of ether oxygens (including phenoxy) is 1. The maximum atomic E-state index is 11.8. The average molecular weight is 278 g/mol. The first-order valence-electron chi connectivity index (χ1n) is 6.39. The van der Waals surface area contributed by atoms with Crippen molar-refractivity contribution in [2.75, 3.05) is 0 Å². The minimum absolute atomic E-state index is 0.234. The third kappa shape index (κ3) is 2.35. The molecule has 0 saturated carbocycles. The highest BCUT2D eigenvalue weighted by molar-refractivity contribution is 6.00. The molecule has 0 amide bonds. The molecule has 0 radical (unpaired) electrons. The molecule has 0 saturated heterocycles. The van der Waals surface area contributed by atoms with Crippen molar-refractivity contribution in [3.8, 4) is 0 Å². The standard InChI is InChI=1S/C15H18O5/c1-3-4-5-6-11-13(17)9-7-12(16)15(2,19)14(18)10(9)8-20-11/h3-8,11,13-14,17-19H,1-2H3/b4-3+,6-5-/t11-,13+,14+,15-/m1/s1. The Balaban J connectivity index is 2.33. The first-order chi connectivity index (χ1) is 9.39. The van der Waals surface area contributed by atoms with Crippen LogP contribution < -0.4 is 0 Å². The van der Waals surface area contributed by atoms with Crippen LogP contribution in [0.4, 0.5) is 0 Å². The molecule has 5 heteroatoms. The van der Waals surface area contributed by atoms with E-state index in [0.29, 0.717) is 0 Å². The third-order valence-corrected chi connectivity index (χ3v) is 3.53. The van der Waals surface area contributed by atoms with Gasteiger partial charge in [0, 0.05) is 5.57 Å². The fraction of sp³-hybridized carbons (Fsp3) is 0.400. The van der Waals surface area contributed by atoms with E-state index in [1.54, 1.807) is 18.2 Å². The number of aliphatic hydroxyl groups is 3. The van der Waals surface area contributed by atoms with Crippen molar-refractivity contribution in [1.29, 1.82) is 0 Å². The van der Waals surface area contributed by atoms with Crippen LogP contribution in [0.25, 0.3) is 0 Å². The van der Waals surface area contributed by atoms with Gasteiger partial charge < -0.3 is 20.1 Å². The van der Waals surface area contributed by atoms with E-state index < -0.39 is 29.7 Å². The van der Waals surface area contributed by atoms with Crippen molar-refractivity contribution in [3.05, 3.63) is 47.8 Å². The van der Waals surface area contributed by atoms with Gasteiger partial charge in [0.15, 0.2) is 11.4 Å². The van der Waals surface area contributed by atoms with E-state index in [4.69, 9.17) is 4.74 Å². The predicted octanol–water partition coefficient (Wildman–Crippen LogP) is 0.383. The van der Waals surface area contributed by atoms with E-state index in [0.717, 1.165) is 0 Å². The van der Waals surface area contributed by atoms with E-state index in [-0.39, 0.29) is 11.1 Å². The molecule has 1 heterocycles. The van der Waals surface area contributed by atoms with Crippen molar-refractivity contribution in [3.63, 3.8) is 0 Å². The molecule has 0 unspecified atom stereocenters. The van der Waals surface area contributed by atoms with Crippen LogP contribution in [0.1, 0.15) is 13.8 Å². The topological polar surface area (TPSA) is 87.0 Å². The zero-order valence-corrected chi connectivity index (χ0v) is 11.4. The Kier molecular flexibility index (Phi) is 3.94. The van der Waals surface area contributed by atoms with E-state index in [1.807, 2.05) is 13.0 Å². The fourth-order valence-electron chi connectivity index (χ4n) is 2.19. The van der Waals surface area contributed by atoms with E-state index in [2.05, 4.69) is 0 Å². The largest absolute Gasteiger partial charge is 0.490 e. The lowest BCUT2D eigenvalue weighted by Crippen LogP contribution is -2.52. The number of allylic oxidation sites excluding steroid dienone is 3. The molecule has 2 rings (SSSR count). The lowest BCUT2D eigenvalue weighted by atomic mass is 9.77. The summed E-state index contributed by atoms with van der Waals surface area (Å²) in [4.78, 5) is 11.8. The molecule has 108 valence electrons. The molecule has 1 aliphatic carbocycles. The summed E-state index contributed by atoms with van der Waals surface area (Å²) in [6.07, 6.45) is 6.34. The second-order valence-corrected chi connectivity index (χ2v) is 5.04. The van der Waals surface area contributed by atoms with E-state index >= 15 is 0 Å². The zero-order valence-electron chi connectivity index (χ0n) is 11.4. The summed E-state index contributed by atoms with van der Waals surface area (Å²) >= 11 is 0. The Morgan fingerprint density at radius 2 is 2.00 bits per heavy atom. The van der Waals surface area contributed by atoms with Gasteiger partial charge in [0.05, 0.1) is 6.26 Å². The molecule has 5 nitrogen and oxygen atoms in total. The molecule has 0 aromatic rings. The van der Waals surface area contributed by atoms with Gasteiger partial charge in [-0.2, -0.15) is 0 Å². The predicted molar refractivity (Wildman–Crippen MR) is 72.6 cm³/mol. The summed E-state index contributed by atoms with van der Waals surface area (Å²) in [5.41, 5.74) is -1.38. The van der Waals surface area contributed by atoms with Gasteiger partial charge in [-0.25, -0.2) is 0 Å². The number of hydrogen-bond donors (Lipinski definition) is 3. The van der Waals surface area contributed by atoms with Crippen LogP contribution >= 0.6 is 0 Å². The van der Waals surface area contributed by atoms with Gasteiger partial charge in [-0.1, -0.05) is 18.2 Å². The van der Waals surface area contributed by atoms with Gasteiger partial charge in [0.25, 0.3) is 0 Å². The first kappa shape index (κ1) is 14.7. The number of hydrogen-bond acceptors (Lipinski definition) is 5. The SMILES string of the molecule is C/C=C/C=C\[C@H]1OC=C2C(=CC(=O)[C@@](C)(O)[C@H]2O)[C@@H]1O. The molecule has 3 N–H and O–H groups in total. The molecule has 1 aliphatic heterocycles. The van der Waals surface area contributed by atoms with Crippen molar-refractivity contribution in [2.45, 2.75) is 37.8 Å². The van der Waals surface area contributed by atoms with Crippen LogP contribution in [-0.4, -0.2) is 45.0 Å². The van der Waals surface area contributed by atoms with E-state index in [1.165, 1.54) is 19.3 Å². The molecule has 0 aromatic heterocycles. The molecule has 0 fully saturated rings. The fourth-order valence-corrected chi connectivity index (χ4v) is 2.19. The number of fused-ring (bicyclic) bond motifs is 1.